The van der Waals surface area contributed by atoms with Gasteiger partial charge in [0.05, 0.1) is 0 Å². The summed E-state index contributed by atoms with van der Waals surface area (Å²) >= 11 is 0. The average molecular weight is 164 g/mol. The van der Waals surface area contributed by atoms with Gasteiger partial charge in [-0.15, -0.1) is 0 Å². The van der Waals surface area contributed by atoms with E-state index in [0.29, 0.717) is 5.92 Å². The molecular formula is C11H16O. The Hall–Kier alpha value is -0.850. The molecule has 0 amide bonds. The van der Waals surface area contributed by atoms with E-state index < -0.39 is 0 Å². The monoisotopic (exact) mass is 164 g/mol. The van der Waals surface area contributed by atoms with Crippen molar-refractivity contribution >= 4 is 5.78 Å². The molecule has 66 valence electrons. The molecule has 1 unspecified atom stereocenters. The highest BCUT2D eigenvalue weighted by molar-refractivity contribution is 5.96. The van der Waals surface area contributed by atoms with Crippen molar-refractivity contribution in [2.75, 3.05) is 0 Å². The molecule has 0 aromatic carbocycles. The van der Waals surface area contributed by atoms with Crippen molar-refractivity contribution in [3.05, 3.63) is 23.8 Å². The van der Waals surface area contributed by atoms with Crippen molar-refractivity contribution in [2.45, 2.75) is 33.1 Å². The first-order valence-electron chi connectivity index (χ1n) is 4.63. The quantitative estimate of drug-likeness (QED) is 0.626. The predicted octanol–water partition coefficient (Wildman–Crippen LogP) is 2.88. The highest BCUT2D eigenvalue weighted by Crippen LogP contribution is 2.20. The lowest BCUT2D eigenvalue weighted by molar-refractivity contribution is -0.113. The van der Waals surface area contributed by atoms with Crippen LogP contribution in [0.15, 0.2) is 23.8 Å². The topological polar surface area (TPSA) is 17.1 Å². The number of hydrogen-bond acceptors (Lipinski definition) is 1. The third kappa shape index (κ3) is 2.33. The zero-order valence-corrected chi connectivity index (χ0v) is 7.84. The van der Waals surface area contributed by atoms with Gasteiger partial charge < -0.3 is 0 Å². The van der Waals surface area contributed by atoms with Crippen LogP contribution < -0.4 is 0 Å². The molecule has 0 aliphatic heterocycles. The number of carbonyl (C=O) groups is 1. The Balaban J connectivity index is 2.49. The van der Waals surface area contributed by atoms with Crippen LogP contribution in [0.4, 0.5) is 0 Å². The van der Waals surface area contributed by atoms with Gasteiger partial charge in [0, 0.05) is 5.57 Å². The minimum atomic E-state index is 0.182. The predicted molar refractivity (Wildman–Crippen MR) is 50.9 cm³/mol. The van der Waals surface area contributed by atoms with Gasteiger partial charge in [0.2, 0.25) is 0 Å². The molecule has 12 heavy (non-hydrogen) atoms. The van der Waals surface area contributed by atoms with E-state index in [1.165, 1.54) is 12.8 Å². The number of rotatable bonds is 3. The van der Waals surface area contributed by atoms with Crippen molar-refractivity contribution in [1.29, 1.82) is 0 Å². The lowest BCUT2D eigenvalue weighted by Crippen LogP contribution is -2.03. The van der Waals surface area contributed by atoms with E-state index in [1.54, 1.807) is 6.92 Å². The molecule has 0 aromatic heterocycles. The molecule has 0 saturated carbocycles. The fourth-order valence-corrected chi connectivity index (χ4v) is 1.51. The summed E-state index contributed by atoms with van der Waals surface area (Å²) in [5, 5.41) is 0. The van der Waals surface area contributed by atoms with Crippen molar-refractivity contribution in [2.24, 2.45) is 5.92 Å². The van der Waals surface area contributed by atoms with Gasteiger partial charge in [0.1, 0.15) is 0 Å². The maximum atomic E-state index is 10.9. The molecule has 1 aliphatic rings. The van der Waals surface area contributed by atoms with Crippen LogP contribution in [0.25, 0.3) is 0 Å². The number of hydrogen-bond donors (Lipinski definition) is 0. The van der Waals surface area contributed by atoms with Crippen LogP contribution in [0, 0.1) is 5.92 Å². The molecule has 1 nitrogen and oxygen atoms in total. The maximum absolute atomic E-state index is 10.9. The summed E-state index contributed by atoms with van der Waals surface area (Å²) in [5.41, 5.74) is 0.877. The van der Waals surface area contributed by atoms with Gasteiger partial charge in [-0.3, -0.25) is 4.79 Å². The summed E-state index contributed by atoms with van der Waals surface area (Å²) in [7, 11) is 0. The van der Waals surface area contributed by atoms with Crippen LogP contribution >= 0.6 is 0 Å². The Morgan fingerprint density at radius 3 is 2.83 bits per heavy atom. The largest absolute Gasteiger partial charge is 0.295 e. The third-order valence-electron chi connectivity index (χ3n) is 2.25. The van der Waals surface area contributed by atoms with E-state index in [4.69, 9.17) is 0 Å². The summed E-state index contributed by atoms with van der Waals surface area (Å²) in [6.07, 6.45) is 9.69. The second-order valence-corrected chi connectivity index (χ2v) is 3.36. The molecule has 0 fully saturated rings. The smallest absolute Gasteiger partial charge is 0.159 e. The molecule has 1 heteroatoms. The van der Waals surface area contributed by atoms with Gasteiger partial charge in [0.15, 0.2) is 5.78 Å². The molecule has 0 heterocycles. The summed E-state index contributed by atoms with van der Waals surface area (Å²) in [5.74, 6) is 0.847. The summed E-state index contributed by atoms with van der Waals surface area (Å²) in [4.78, 5) is 10.9. The van der Waals surface area contributed by atoms with Crippen molar-refractivity contribution in [3.8, 4) is 0 Å². The van der Waals surface area contributed by atoms with Crippen molar-refractivity contribution < 1.29 is 4.79 Å². The van der Waals surface area contributed by atoms with E-state index in [2.05, 4.69) is 19.1 Å². The van der Waals surface area contributed by atoms with E-state index in [0.717, 1.165) is 12.0 Å². The maximum Gasteiger partial charge on any atom is 0.159 e. The molecule has 0 N–H and O–H groups in total. The zero-order valence-electron chi connectivity index (χ0n) is 7.84. The van der Waals surface area contributed by atoms with Gasteiger partial charge >= 0.3 is 0 Å². The Morgan fingerprint density at radius 2 is 2.42 bits per heavy atom. The third-order valence-corrected chi connectivity index (χ3v) is 2.25. The number of allylic oxidation sites excluding steroid dienone is 4. The fraction of sp³-hybridized carbons (Fsp3) is 0.545. The fourth-order valence-electron chi connectivity index (χ4n) is 1.51. The van der Waals surface area contributed by atoms with E-state index in [9.17, 15) is 4.79 Å². The highest BCUT2D eigenvalue weighted by Gasteiger charge is 2.09. The molecule has 1 rings (SSSR count). The number of carbonyl (C=O) groups excluding carboxylic acids is 1. The van der Waals surface area contributed by atoms with Gasteiger partial charge in [-0.25, -0.2) is 0 Å². The Bertz CT molecular complexity index is 223. The zero-order chi connectivity index (χ0) is 8.97. The molecular weight excluding hydrogens is 148 g/mol. The Labute approximate surface area is 74.2 Å². The standard InChI is InChI=1S/C11H16O/c1-3-4-10-5-7-11(8-6-10)9(2)12/h5,7-8,10H,3-4,6H2,1-2H3. The SMILES string of the molecule is CCCC1C=CC(C(C)=O)=CC1. The molecule has 0 radical (unpaired) electrons. The van der Waals surface area contributed by atoms with Gasteiger partial charge in [-0.05, 0) is 25.7 Å². The molecule has 0 bridgehead atoms. The van der Waals surface area contributed by atoms with Crippen LogP contribution in [-0.4, -0.2) is 5.78 Å². The molecule has 0 spiro atoms. The normalized spacial score (nSPS) is 22.2. The van der Waals surface area contributed by atoms with Crippen LogP contribution in [0.5, 0.6) is 0 Å². The highest BCUT2D eigenvalue weighted by atomic mass is 16.1. The van der Waals surface area contributed by atoms with Crippen LogP contribution in [0.3, 0.4) is 0 Å². The van der Waals surface area contributed by atoms with Gasteiger partial charge in [0.25, 0.3) is 0 Å². The summed E-state index contributed by atoms with van der Waals surface area (Å²) in [6, 6.07) is 0. The molecule has 1 aliphatic carbocycles. The van der Waals surface area contributed by atoms with Crippen LogP contribution in [0.1, 0.15) is 33.1 Å². The van der Waals surface area contributed by atoms with E-state index in [-0.39, 0.29) is 5.78 Å². The Morgan fingerprint density at radius 1 is 1.67 bits per heavy atom. The number of ketones is 1. The first-order chi connectivity index (χ1) is 5.74. The van der Waals surface area contributed by atoms with E-state index >= 15 is 0 Å². The molecule has 0 aromatic rings. The summed E-state index contributed by atoms with van der Waals surface area (Å²) < 4.78 is 0. The lowest BCUT2D eigenvalue weighted by Gasteiger charge is -2.13. The molecule has 1 atom stereocenters. The van der Waals surface area contributed by atoms with Gasteiger partial charge in [-0.1, -0.05) is 31.6 Å². The van der Waals surface area contributed by atoms with Crippen molar-refractivity contribution in [3.63, 3.8) is 0 Å². The van der Waals surface area contributed by atoms with Crippen LogP contribution in [-0.2, 0) is 4.79 Å². The lowest BCUT2D eigenvalue weighted by atomic mass is 9.92. The van der Waals surface area contributed by atoms with Crippen molar-refractivity contribution in [1.82, 2.24) is 0 Å². The van der Waals surface area contributed by atoms with E-state index in [1.807, 2.05) is 6.08 Å². The Kier molecular flexibility index (Phi) is 3.27. The molecule has 0 saturated heterocycles. The second-order valence-electron chi connectivity index (χ2n) is 3.36. The second kappa shape index (κ2) is 4.24. The minimum Gasteiger partial charge on any atom is -0.295 e. The van der Waals surface area contributed by atoms with Crippen LogP contribution in [0.2, 0.25) is 0 Å². The first-order valence-corrected chi connectivity index (χ1v) is 4.63. The first kappa shape index (κ1) is 9.24. The number of Topliss-reactive ketones (excluding diaryl/α,β-unsaturated/α-hetero) is 1. The van der Waals surface area contributed by atoms with Gasteiger partial charge in [-0.2, -0.15) is 0 Å². The minimum absolute atomic E-state index is 0.182. The average Bonchev–Trinajstić information content (AvgIpc) is 2.06. The summed E-state index contributed by atoms with van der Waals surface area (Å²) in [6.45, 7) is 3.81.